The van der Waals surface area contributed by atoms with Crippen LogP contribution >= 0.6 is 11.3 Å². The summed E-state index contributed by atoms with van der Waals surface area (Å²) in [5.41, 5.74) is 1.26. The summed E-state index contributed by atoms with van der Waals surface area (Å²) < 4.78 is 46.0. The maximum atomic E-state index is 12.9. The average Bonchev–Trinajstić information content (AvgIpc) is 3.06. The summed E-state index contributed by atoms with van der Waals surface area (Å²) in [6, 6.07) is 21.0. The molecule has 0 amide bonds. The van der Waals surface area contributed by atoms with Crippen LogP contribution in [0.5, 0.6) is 11.5 Å². The predicted octanol–water partition coefficient (Wildman–Crippen LogP) is 8.50. The molecule has 1 heterocycles. The highest BCUT2D eigenvalue weighted by Gasteiger charge is 2.30. The van der Waals surface area contributed by atoms with E-state index in [1.54, 1.807) is 0 Å². The number of benzene rings is 3. The Morgan fingerprint density at radius 1 is 0.828 bits per heavy atom. The molecular weight excluding hydrogens is 393 g/mol. The Morgan fingerprint density at radius 3 is 2.10 bits per heavy atom. The van der Waals surface area contributed by atoms with Gasteiger partial charge in [0.25, 0.3) is 0 Å². The first-order valence-corrected chi connectivity index (χ1v) is 10.1. The van der Waals surface area contributed by atoms with Crippen molar-refractivity contribution in [2.75, 3.05) is 0 Å². The number of halogens is 3. The van der Waals surface area contributed by atoms with E-state index in [1.807, 2.05) is 48.5 Å². The van der Waals surface area contributed by atoms with Crippen molar-refractivity contribution < 1.29 is 17.9 Å². The molecule has 5 heteroatoms. The van der Waals surface area contributed by atoms with Gasteiger partial charge in [-0.2, -0.15) is 13.2 Å². The lowest BCUT2D eigenvalue weighted by Crippen LogP contribution is -2.03. The third kappa shape index (κ3) is 4.01. The van der Waals surface area contributed by atoms with Crippen LogP contribution in [0.1, 0.15) is 30.9 Å². The van der Waals surface area contributed by atoms with E-state index in [4.69, 9.17) is 4.74 Å². The van der Waals surface area contributed by atoms with Gasteiger partial charge in [0.15, 0.2) is 5.75 Å². The molecule has 0 aliphatic heterocycles. The number of rotatable bonds is 4. The van der Waals surface area contributed by atoms with E-state index in [2.05, 4.69) is 13.8 Å². The lowest BCUT2D eigenvalue weighted by atomic mass is 10.0. The number of thiophene rings is 1. The second-order valence-corrected chi connectivity index (χ2v) is 8.21. The minimum absolute atomic E-state index is 0.425. The molecule has 3 aromatic carbocycles. The molecule has 148 valence electrons. The van der Waals surface area contributed by atoms with Crippen LogP contribution in [0.15, 0.2) is 72.8 Å². The van der Waals surface area contributed by atoms with Crippen LogP contribution in [-0.2, 0) is 6.18 Å². The maximum absolute atomic E-state index is 12.9. The highest BCUT2D eigenvalue weighted by Crippen LogP contribution is 2.46. The first kappa shape index (κ1) is 19.5. The van der Waals surface area contributed by atoms with Crippen molar-refractivity contribution in [1.82, 2.24) is 0 Å². The van der Waals surface area contributed by atoms with Crippen LogP contribution in [0.4, 0.5) is 13.2 Å². The molecule has 0 saturated heterocycles. The van der Waals surface area contributed by atoms with Crippen molar-refractivity contribution in [1.29, 1.82) is 0 Å². The molecule has 1 aromatic heterocycles. The number of hydrogen-bond acceptors (Lipinski definition) is 2. The minimum atomic E-state index is -4.35. The monoisotopic (exact) mass is 412 g/mol. The fraction of sp³-hybridized carbons (Fsp3) is 0.167. The Hall–Kier alpha value is -2.79. The summed E-state index contributed by atoms with van der Waals surface area (Å²) in [6.07, 6.45) is -4.35. The summed E-state index contributed by atoms with van der Waals surface area (Å²) in [4.78, 5) is 0.813. The normalized spacial score (nSPS) is 11.9. The largest absolute Gasteiger partial charge is 0.455 e. The predicted molar refractivity (Wildman–Crippen MR) is 113 cm³/mol. The van der Waals surface area contributed by atoms with Gasteiger partial charge in [-0.3, -0.25) is 0 Å². The molecule has 1 nitrogen and oxygen atoms in total. The van der Waals surface area contributed by atoms with Gasteiger partial charge in [-0.25, -0.2) is 0 Å². The molecule has 4 rings (SSSR count). The second kappa shape index (κ2) is 7.56. The Labute approximate surface area is 171 Å². The van der Waals surface area contributed by atoms with Crippen LogP contribution < -0.4 is 4.74 Å². The topological polar surface area (TPSA) is 9.23 Å². The summed E-state index contributed by atoms with van der Waals surface area (Å²) in [5, 5.41) is 0.945. The molecule has 0 atom stereocenters. The van der Waals surface area contributed by atoms with E-state index in [0.29, 0.717) is 23.0 Å². The SMILES string of the molecule is CC(C)c1ccc(Oc2c(-c3ccc(C(F)(F)F)cc3)sc3ccccc23)cc1. The number of alkyl halides is 3. The molecule has 0 spiro atoms. The number of hydrogen-bond donors (Lipinski definition) is 0. The lowest BCUT2D eigenvalue weighted by molar-refractivity contribution is -0.137. The molecule has 0 bridgehead atoms. The maximum Gasteiger partial charge on any atom is 0.416 e. The van der Waals surface area contributed by atoms with Gasteiger partial charge < -0.3 is 4.74 Å². The number of ether oxygens (including phenoxy) is 1. The Morgan fingerprint density at radius 2 is 1.48 bits per heavy atom. The van der Waals surface area contributed by atoms with Crippen LogP contribution in [0.3, 0.4) is 0 Å². The number of fused-ring (bicyclic) bond motifs is 1. The summed E-state index contributed by atoms with van der Waals surface area (Å²) in [6.45, 7) is 4.26. The molecule has 4 aromatic rings. The fourth-order valence-electron chi connectivity index (χ4n) is 3.16. The Kier molecular flexibility index (Phi) is 5.09. The highest BCUT2D eigenvalue weighted by molar-refractivity contribution is 7.22. The zero-order valence-electron chi connectivity index (χ0n) is 16.0. The van der Waals surface area contributed by atoms with Crippen molar-refractivity contribution >= 4 is 21.4 Å². The first-order chi connectivity index (χ1) is 13.8. The van der Waals surface area contributed by atoms with Gasteiger partial charge in [0.05, 0.1) is 10.4 Å². The van der Waals surface area contributed by atoms with Crippen molar-refractivity contribution in [3.63, 3.8) is 0 Å². The van der Waals surface area contributed by atoms with Crippen LogP contribution in [0, 0.1) is 0 Å². The summed E-state index contributed by atoms with van der Waals surface area (Å²) in [5.74, 6) is 1.79. The molecule has 0 N–H and O–H groups in total. The summed E-state index contributed by atoms with van der Waals surface area (Å²) in [7, 11) is 0. The van der Waals surface area contributed by atoms with E-state index < -0.39 is 11.7 Å². The standard InChI is InChI=1S/C24H19F3OS/c1-15(2)16-9-13-19(14-10-16)28-22-20-5-3-4-6-21(20)29-23(22)17-7-11-18(12-8-17)24(25,26)27/h3-15H,1-2H3. The van der Waals surface area contributed by atoms with Crippen molar-refractivity contribution in [2.45, 2.75) is 25.9 Å². The summed E-state index contributed by atoms with van der Waals surface area (Å²) >= 11 is 1.51. The van der Waals surface area contributed by atoms with Crippen LogP contribution in [-0.4, -0.2) is 0 Å². The Bertz CT molecular complexity index is 1120. The molecule has 0 fully saturated rings. The van der Waals surface area contributed by atoms with Crippen molar-refractivity contribution in [2.24, 2.45) is 0 Å². The molecule has 29 heavy (non-hydrogen) atoms. The van der Waals surface area contributed by atoms with Gasteiger partial charge in [-0.15, -0.1) is 11.3 Å². The smallest absolute Gasteiger partial charge is 0.416 e. The van der Waals surface area contributed by atoms with Gasteiger partial charge in [0.1, 0.15) is 5.75 Å². The first-order valence-electron chi connectivity index (χ1n) is 9.30. The third-order valence-electron chi connectivity index (χ3n) is 4.79. The molecule has 0 radical (unpaired) electrons. The van der Waals surface area contributed by atoms with Crippen LogP contribution in [0.25, 0.3) is 20.5 Å². The Balaban J connectivity index is 1.77. The molecule has 0 saturated carbocycles. The quantitative estimate of drug-likeness (QED) is 0.326. The van der Waals surface area contributed by atoms with E-state index in [0.717, 1.165) is 27.1 Å². The minimum Gasteiger partial charge on any atom is -0.455 e. The second-order valence-electron chi connectivity index (χ2n) is 7.16. The van der Waals surface area contributed by atoms with E-state index >= 15 is 0 Å². The zero-order valence-corrected chi connectivity index (χ0v) is 16.8. The van der Waals surface area contributed by atoms with Gasteiger partial charge in [-0.1, -0.05) is 50.2 Å². The van der Waals surface area contributed by atoms with E-state index in [1.165, 1.54) is 29.0 Å². The molecular formula is C24H19F3OS. The van der Waals surface area contributed by atoms with Gasteiger partial charge in [0, 0.05) is 10.1 Å². The van der Waals surface area contributed by atoms with E-state index in [-0.39, 0.29) is 0 Å². The zero-order chi connectivity index (χ0) is 20.6. The van der Waals surface area contributed by atoms with Crippen molar-refractivity contribution in [3.05, 3.63) is 83.9 Å². The van der Waals surface area contributed by atoms with Crippen molar-refractivity contribution in [3.8, 4) is 21.9 Å². The van der Waals surface area contributed by atoms with Gasteiger partial charge >= 0.3 is 6.18 Å². The van der Waals surface area contributed by atoms with Gasteiger partial charge in [0.2, 0.25) is 0 Å². The highest BCUT2D eigenvalue weighted by atomic mass is 32.1. The third-order valence-corrected chi connectivity index (χ3v) is 5.99. The lowest BCUT2D eigenvalue weighted by Gasteiger charge is -2.11. The molecule has 0 aliphatic rings. The molecule has 0 unspecified atom stereocenters. The van der Waals surface area contributed by atoms with Gasteiger partial charge in [-0.05, 0) is 53.4 Å². The fourth-order valence-corrected chi connectivity index (χ4v) is 4.30. The molecule has 0 aliphatic carbocycles. The van der Waals surface area contributed by atoms with E-state index in [9.17, 15) is 13.2 Å². The average molecular weight is 412 g/mol. The van der Waals surface area contributed by atoms with Crippen LogP contribution in [0.2, 0.25) is 0 Å².